The Bertz CT molecular complexity index is 677. The van der Waals surface area contributed by atoms with Crippen molar-refractivity contribution in [3.63, 3.8) is 0 Å². The van der Waals surface area contributed by atoms with E-state index in [0.29, 0.717) is 17.5 Å². The van der Waals surface area contributed by atoms with Gasteiger partial charge in [-0.1, -0.05) is 6.07 Å². The molecule has 2 aromatic rings. The second-order valence-corrected chi connectivity index (χ2v) is 8.05. The number of thiophene rings is 1. The molecular formula is C18H24N4OS. The van der Waals surface area contributed by atoms with Crippen molar-refractivity contribution < 1.29 is 4.79 Å². The van der Waals surface area contributed by atoms with E-state index in [1.807, 2.05) is 17.4 Å². The van der Waals surface area contributed by atoms with Crippen LogP contribution in [0.1, 0.15) is 52.7 Å². The predicted molar refractivity (Wildman–Crippen MR) is 95.2 cm³/mol. The minimum Gasteiger partial charge on any atom is -0.350 e. The van der Waals surface area contributed by atoms with E-state index in [9.17, 15) is 4.79 Å². The van der Waals surface area contributed by atoms with Crippen molar-refractivity contribution in [1.82, 2.24) is 20.4 Å². The first kappa shape index (κ1) is 15.8. The van der Waals surface area contributed by atoms with Crippen molar-refractivity contribution in [3.05, 3.63) is 39.8 Å². The van der Waals surface area contributed by atoms with E-state index in [2.05, 4.69) is 37.9 Å². The van der Waals surface area contributed by atoms with Gasteiger partial charge in [-0.25, -0.2) is 0 Å². The van der Waals surface area contributed by atoms with Crippen molar-refractivity contribution in [2.45, 2.75) is 38.1 Å². The molecule has 1 saturated carbocycles. The van der Waals surface area contributed by atoms with Gasteiger partial charge in [0.15, 0.2) is 0 Å². The number of rotatable bonds is 6. The topological polar surface area (TPSA) is 61.0 Å². The Kier molecular flexibility index (Phi) is 4.67. The number of carbonyl (C=O) groups is 1. The molecular weight excluding hydrogens is 320 g/mol. The number of hydrogen-bond acceptors (Lipinski definition) is 4. The molecule has 2 N–H and O–H groups in total. The zero-order valence-electron chi connectivity index (χ0n) is 13.8. The number of aromatic nitrogens is 2. The number of amides is 1. The molecule has 0 radical (unpaired) electrons. The van der Waals surface area contributed by atoms with Gasteiger partial charge in [-0.05, 0) is 55.7 Å². The van der Waals surface area contributed by atoms with E-state index in [1.54, 1.807) is 0 Å². The number of hydrogen-bond donors (Lipinski definition) is 2. The first-order valence-corrected chi connectivity index (χ1v) is 9.74. The molecule has 24 heavy (non-hydrogen) atoms. The predicted octanol–water partition coefficient (Wildman–Crippen LogP) is 2.99. The molecule has 0 spiro atoms. The number of likely N-dealkylation sites (tertiary alicyclic amines) is 1. The zero-order valence-corrected chi connectivity index (χ0v) is 14.6. The van der Waals surface area contributed by atoms with Crippen LogP contribution in [0.2, 0.25) is 0 Å². The van der Waals surface area contributed by atoms with Crippen molar-refractivity contribution in [1.29, 1.82) is 0 Å². The lowest BCUT2D eigenvalue weighted by Gasteiger charge is -2.32. The highest BCUT2D eigenvalue weighted by molar-refractivity contribution is 7.09. The summed E-state index contributed by atoms with van der Waals surface area (Å²) in [7, 11) is 0. The molecule has 5 nitrogen and oxygen atoms in total. The van der Waals surface area contributed by atoms with Gasteiger partial charge in [0.05, 0.1) is 0 Å². The molecule has 0 aromatic carbocycles. The third kappa shape index (κ3) is 3.87. The van der Waals surface area contributed by atoms with Crippen LogP contribution in [0.4, 0.5) is 0 Å². The lowest BCUT2D eigenvalue weighted by Crippen LogP contribution is -2.40. The van der Waals surface area contributed by atoms with Crippen LogP contribution in [0.5, 0.6) is 0 Å². The highest BCUT2D eigenvalue weighted by Gasteiger charge is 2.27. The van der Waals surface area contributed by atoms with Gasteiger partial charge in [-0.15, -0.1) is 11.3 Å². The van der Waals surface area contributed by atoms with Crippen LogP contribution < -0.4 is 5.32 Å². The molecule has 2 aromatic heterocycles. The summed E-state index contributed by atoms with van der Waals surface area (Å²) in [4.78, 5) is 16.2. The number of carbonyl (C=O) groups excluding carboxylic acids is 1. The van der Waals surface area contributed by atoms with Crippen LogP contribution >= 0.6 is 11.3 Å². The van der Waals surface area contributed by atoms with Crippen molar-refractivity contribution in [2.75, 3.05) is 19.6 Å². The quantitative estimate of drug-likeness (QED) is 0.847. The molecule has 128 valence electrons. The lowest BCUT2D eigenvalue weighted by atomic mass is 9.98. The van der Waals surface area contributed by atoms with Crippen LogP contribution in [0.3, 0.4) is 0 Å². The minimum absolute atomic E-state index is 0.0477. The highest BCUT2D eigenvalue weighted by atomic mass is 32.1. The van der Waals surface area contributed by atoms with Crippen molar-refractivity contribution in [2.24, 2.45) is 5.92 Å². The van der Waals surface area contributed by atoms with Gasteiger partial charge < -0.3 is 5.32 Å². The maximum absolute atomic E-state index is 12.3. The number of H-pyrrole nitrogens is 1. The number of piperidine rings is 1. The van der Waals surface area contributed by atoms with E-state index >= 15 is 0 Å². The summed E-state index contributed by atoms with van der Waals surface area (Å²) in [5, 5.41) is 12.4. The van der Waals surface area contributed by atoms with Crippen molar-refractivity contribution >= 4 is 17.2 Å². The van der Waals surface area contributed by atoms with Crippen LogP contribution in [0.25, 0.3) is 0 Å². The van der Waals surface area contributed by atoms with E-state index in [-0.39, 0.29) is 5.91 Å². The maximum Gasteiger partial charge on any atom is 0.271 e. The monoisotopic (exact) mass is 344 g/mol. The molecule has 0 bridgehead atoms. The minimum atomic E-state index is -0.0477. The smallest absolute Gasteiger partial charge is 0.271 e. The fourth-order valence-corrected chi connectivity index (χ4v) is 4.21. The molecule has 1 aliphatic carbocycles. The Balaban J connectivity index is 1.26. The molecule has 2 aliphatic rings. The molecule has 1 atom stereocenters. The molecule has 4 rings (SSSR count). The molecule has 3 heterocycles. The number of nitrogens with zero attached hydrogens (tertiary/aromatic N) is 2. The van der Waals surface area contributed by atoms with Gasteiger partial charge in [-0.2, -0.15) is 5.10 Å². The first-order chi connectivity index (χ1) is 11.8. The van der Waals surface area contributed by atoms with Gasteiger partial charge in [-0.3, -0.25) is 14.8 Å². The highest BCUT2D eigenvalue weighted by Crippen LogP contribution is 2.38. The fraction of sp³-hybridized carbons (Fsp3) is 0.556. The lowest BCUT2D eigenvalue weighted by molar-refractivity contribution is 0.0926. The summed E-state index contributed by atoms with van der Waals surface area (Å²) >= 11 is 1.82. The molecule has 1 saturated heterocycles. The average Bonchev–Trinajstić information content (AvgIpc) is 3.10. The van der Waals surface area contributed by atoms with Crippen LogP contribution in [-0.4, -0.2) is 40.6 Å². The van der Waals surface area contributed by atoms with Crippen LogP contribution in [-0.2, 0) is 6.54 Å². The largest absolute Gasteiger partial charge is 0.350 e. The molecule has 1 aliphatic heterocycles. The van der Waals surface area contributed by atoms with Gasteiger partial charge in [0.1, 0.15) is 5.69 Å². The normalized spacial score (nSPS) is 21.8. The molecule has 1 unspecified atom stereocenters. The van der Waals surface area contributed by atoms with Gasteiger partial charge in [0, 0.05) is 36.1 Å². The second kappa shape index (κ2) is 7.07. The fourth-order valence-electron chi connectivity index (χ4n) is 3.47. The Hall–Kier alpha value is -1.66. The standard InChI is InChI=1S/C18H24N4OS/c23-18(17-9-16(20-21-17)14-5-6-14)19-10-13-3-1-7-22(11-13)12-15-4-2-8-24-15/h2,4,8-9,13-14H,1,3,5-7,10-12H2,(H,19,23)(H,20,21). The summed E-state index contributed by atoms with van der Waals surface area (Å²) in [5.41, 5.74) is 1.64. The van der Waals surface area contributed by atoms with Gasteiger partial charge >= 0.3 is 0 Å². The van der Waals surface area contributed by atoms with E-state index in [0.717, 1.165) is 31.9 Å². The van der Waals surface area contributed by atoms with Crippen LogP contribution in [0.15, 0.2) is 23.6 Å². The molecule has 2 fully saturated rings. The van der Waals surface area contributed by atoms with Gasteiger partial charge in [0.25, 0.3) is 5.91 Å². The second-order valence-electron chi connectivity index (χ2n) is 7.02. The van der Waals surface area contributed by atoms with Crippen LogP contribution in [0, 0.1) is 5.92 Å². The van der Waals surface area contributed by atoms with Crippen molar-refractivity contribution in [3.8, 4) is 0 Å². The van der Waals surface area contributed by atoms with E-state index in [4.69, 9.17) is 0 Å². The summed E-state index contributed by atoms with van der Waals surface area (Å²) in [6, 6.07) is 6.23. The van der Waals surface area contributed by atoms with Gasteiger partial charge in [0.2, 0.25) is 0 Å². The summed E-state index contributed by atoms with van der Waals surface area (Å²) in [6.07, 6.45) is 4.83. The summed E-state index contributed by atoms with van der Waals surface area (Å²) < 4.78 is 0. The third-order valence-electron chi connectivity index (χ3n) is 4.96. The SMILES string of the molecule is O=C(NCC1CCCN(Cc2cccs2)C1)c1cc(C2CC2)[nH]n1. The number of nitrogens with one attached hydrogen (secondary N) is 2. The molecule has 6 heteroatoms. The van der Waals surface area contributed by atoms with E-state index in [1.165, 1.54) is 30.6 Å². The van der Waals surface area contributed by atoms with E-state index < -0.39 is 0 Å². The maximum atomic E-state index is 12.3. The average molecular weight is 344 g/mol. The Morgan fingerprint density at radius 3 is 3.12 bits per heavy atom. The first-order valence-electron chi connectivity index (χ1n) is 8.86. The number of aromatic amines is 1. The summed E-state index contributed by atoms with van der Waals surface area (Å²) in [5.74, 6) is 1.08. The third-order valence-corrected chi connectivity index (χ3v) is 5.82. The Morgan fingerprint density at radius 2 is 2.33 bits per heavy atom. The Morgan fingerprint density at radius 1 is 1.42 bits per heavy atom. The zero-order chi connectivity index (χ0) is 16.4. The molecule has 1 amide bonds. The Labute approximate surface area is 146 Å². The summed E-state index contributed by atoms with van der Waals surface area (Å²) in [6.45, 7) is 4.00.